The van der Waals surface area contributed by atoms with Gasteiger partial charge in [0.15, 0.2) is 6.10 Å². The Hall–Kier alpha value is -1.21. The molecule has 1 atom stereocenters. The number of carbonyl (C=O) groups is 2. The molecular weight excluding hydrogens is 459 g/mol. The highest BCUT2D eigenvalue weighted by Gasteiger charge is 2.22. The lowest BCUT2D eigenvalue weighted by Gasteiger charge is -2.18. The summed E-state index contributed by atoms with van der Waals surface area (Å²) < 4.78 is 25.7. The zero-order chi connectivity index (χ0) is 25.5. The zero-order valence-electron chi connectivity index (χ0n) is 21.3. The van der Waals surface area contributed by atoms with Crippen molar-refractivity contribution < 1.29 is 37.9 Å². The summed E-state index contributed by atoms with van der Waals surface area (Å²) in [6.07, 6.45) is 18.8. The quantitative estimate of drug-likeness (QED) is 0.0708. The number of ether oxygens (including phenoxy) is 2. The van der Waals surface area contributed by atoms with Gasteiger partial charge in [-0.05, 0) is 38.5 Å². The summed E-state index contributed by atoms with van der Waals surface area (Å²) in [5.41, 5.74) is 0. The van der Waals surface area contributed by atoms with E-state index in [4.69, 9.17) is 19.3 Å². The SMILES string of the molecule is CCCCCC/C=C\CCCCCCCC(=O)OC(COC(=O)CCCCC)COP(=O)(O)O. The fourth-order valence-electron chi connectivity index (χ4n) is 3.31. The van der Waals surface area contributed by atoms with E-state index in [1.807, 2.05) is 6.92 Å². The van der Waals surface area contributed by atoms with Crippen LogP contribution in [0, 0.1) is 0 Å². The molecule has 0 aliphatic carbocycles. The van der Waals surface area contributed by atoms with Gasteiger partial charge in [-0.15, -0.1) is 0 Å². The molecule has 9 heteroatoms. The van der Waals surface area contributed by atoms with Gasteiger partial charge in [0.2, 0.25) is 0 Å². The Bertz CT molecular complexity index is 587. The van der Waals surface area contributed by atoms with Crippen LogP contribution in [0.2, 0.25) is 0 Å². The topological polar surface area (TPSA) is 119 Å². The van der Waals surface area contributed by atoms with Gasteiger partial charge >= 0.3 is 19.8 Å². The molecule has 0 rings (SSSR count). The first-order valence-electron chi connectivity index (χ1n) is 13.0. The molecule has 0 spiro atoms. The minimum absolute atomic E-state index is 0.203. The molecule has 0 saturated carbocycles. The number of carbonyl (C=O) groups excluding carboxylic acids is 2. The average Bonchev–Trinajstić information content (AvgIpc) is 2.78. The molecule has 0 aliphatic heterocycles. The second-order valence-electron chi connectivity index (χ2n) is 8.67. The van der Waals surface area contributed by atoms with E-state index in [0.717, 1.165) is 44.9 Å². The summed E-state index contributed by atoms with van der Waals surface area (Å²) in [4.78, 5) is 41.7. The number of esters is 2. The summed E-state index contributed by atoms with van der Waals surface area (Å²) in [5.74, 6) is -0.927. The van der Waals surface area contributed by atoms with E-state index in [1.54, 1.807) is 0 Å². The minimum atomic E-state index is -4.72. The highest BCUT2D eigenvalue weighted by Crippen LogP contribution is 2.35. The van der Waals surface area contributed by atoms with Gasteiger partial charge in [0.1, 0.15) is 6.61 Å². The number of unbranched alkanes of at least 4 members (excludes halogenated alkanes) is 11. The fraction of sp³-hybridized carbons (Fsp3) is 0.840. The molecule has 0 radical (unpaired) electrons. The fourth-order valence-corrected chi connectivity index (χ4v) is 3.67. The first-order valence-corrected chi connectivity index (χ1v) is 14.5. The number of hydrogen-bond donors (Lipinski definition) is 2. The van der Waals surface area contributed by atoms with Crippen molar-refractivity contribution in [1.82, 2.24) is 0 Å². The maximum atomic E-state index is 12.1. The van der Waals surface area contributed by atoms with Crippen LogP contribution in [-0.2, 0) is 28.2 Å². The van der Waals surface area contributed by atoms with Crippen LogP contribution in [0.25, 0.3) is 0 Å². The van der Waals surface area contributed by atoms with Gasteiger partial charge in [-0.3, -0.25) is 14.1 Å². The van der Waals surface area contributed by atoms with Gasteiger partial charge in [0.05, 0.1) is 6.61 Å². The van der Waals surface area contributed by atoms with Crippen molar-refractivity contribution in [3.8, 4) is 0 Å². The van der Waals surface area contributed by atoms with Crippen molar-refractivity contribution in [3.63, 3.8) is 0 Å². The molecule has 1 unspecified atom stereocenters. The van der Waals surface area contributed by atoms with Crippen molar-refractivity contribution in [2.75, 3.05) is 13.2 Å². The number of allylic oxidation sites excluding steroid dienone is 2. The van der Waals surface area contributed by atoms with E-state index in [2.05, 4.69) is 23.6 Å². The molecule has 0 heterocycles. The van der Waals surface area contributed by atoms with Crippen LogP contribution in [0.3, 0.4) is 0 Å². The highest BCUT2D eigenvalue weighted by molar-refractivity contribution is 7.46. The maximum absolute atomic E-state index is 12.1. The predicted octanol–water partition coefficient (Wildman–Crippen LogP) is 6.39. The van der Waals surface area contributed by atoms with E-state index in [9.17, 15) is 14.2 Å². The van der Waals surface area contributed by atoms with Crippen LogP contribution < -0.4 is 0 Å². The summed E-state index contributed by atoms with van der Waals surface area (Å²) >= 11 is 0. The van der Waals surface area contributed by atoms with Crippen molar-refractivity contribution in [1.29, 1.82) is 0 Å². The Morgan fingerprint density at radius 1 is 0.735 bits per heavy atom. The molecule has 0 aliphatic rings. The Morgan fingerprint density at radius 3 is 1.85 bits per heavy atom. The number of rotatable bonds is 23. The van der Waals surface area contributed by atoms with Crippen molar-refractivity contribution in [2.24, 2.45) is 0 Å². The Morgan fingerprint density at radius 2 is 1.24 bits per heavy atom. The summed E-state index contributed by atoms with van der Waals surface area (Å²) in [6.45, 7) is 3.41. The minimum Gasteiger partial charge on any atom is -0.462 e. The molecule has 0 aromatic rings. The van der Waals surface area contributed by atoms with Crippen LogP contribution >= 0.6 is 7.82 Å². The number of phosphoric acid groups is 1. The molecule has 0 aromatic carbocycles. The lowest BCUT2D eigenvalue weighted by atomic mass is 10.1. The number of hydrogen-bond acceptors (Lipinski definition) is 6. The predicted molar refractivity (Wildman–Crippen MR) is 133 cm³/mol. The third kappa shape index (κ3) is 23.9. The van der Waals surface area contributed by atoms with Crippen molar-refractivity contribution in [2.45, 2.75) is 123 Å². The van der Waals surface area contributed by atoms with Gasteiger partial charge in [0.25, 0.3) is 0 Å². The van der Waals surface area contributed by atoms with Gasteiger partial charge in [-0.25, -0.2) is 4.57 Å². The third-order valence-electron chi connectivity index (χ3n) is 5.28. The van der Waals surface area contributed by atoms with Crippen LogP contribution in [0.5, 0.6) is 0 Å². The van der Waals surface area contributed by atoms with E-state index < -0.39 is 32.5 Å². The van der Waals surface area contributed by atoms with Gasteiger partial charge in [0, 0.05) is 12.8 Å². The normalized spacial score (nSPS) is 12.7. The molecule has 8 nitrogen and oxygen atoms in total. The lowest BCUT2D eigenvalue weighted by Crippen LogP contribution is -2.29. The van der Waals surface area contributed by atoms with Crippen molar-refractivity contribution in [3.05, 3.63) is 12.2 Å². The monoisotopic (exact) mass is 506 g/mol. The molecule has 0 saturated heterocycles. The smallest absolute Gasteiger partial charge is 0.462 e. The van der Waals surface area contributed by atoms with Gasteiger partial charge in [-0.1, -0.05) is 77.4 Å². The molecule has 2 N–H and O–H groups in total. The summed E-state index contributed by atoms with van der Waals surface area (Å²) in [7, 11) is -4.72. The zero-order valence-corrected chi connectivity index (χ0v) is 22.1. The standard InChI is InChI=1S/C25H47O8P/c1-3-5-7-8-9-10-11-12-13-14-15-16-18-20-25(27)33-23(22-32-34(28,29)30)21-31-24(26)19-17-6-4-2/h10-11,23H,3-9,12-22H2,1-2H3,(H2,28,29,30)/b11-10-. The third-order valence-corrected chi connectivity index (χ3v) is 5.77. The maximum Gasteiger partial charge on any atom is 0.469 e. The Kier molecular flexibility index (Phi) is 21.5. The lowest BCUT2D eigenvalue weighted by molar-refractivity contribution is -0.161. The molecule has 0 bridgehead atoms. The molecule has 0 amide bonds. The van der Waals surface area contributed by atoms with E-state index in [0.29, 0.717) is 12.8 Å². The van der Waals surface area contributed by atoms with Crippen LogP contribution in [0.1, 0.15) is 117 Å². The molecule has 34 heavy (non-hydrogen) atoms. The largest absolute Gasteiger partial charge is 0.469 e. The highest BCUT2D eigenvalue weighted by atomic mass is 31.2. The summed E-state index contributed by atoms with van der Waals surface area (Å²) in [5, 5.41) is 0. The number of phosphoric ester groups is 1. The van der Waals surface area contributed by atoms with Crippen LogP contribution in [0.15, 0.2) is 12.2 Å². The average molecular weight is 507 g/mol. The van der Waals surface area contributed by atoms with E-state index in [-0.39, 0.29) is 19.4 Å². The van der Waals surface area contributed by atoms with E-state index >= 15 is 0 Å². The second-order valence-corrected chi connectivity index (χ2v) is 9.90. The Balaban J connectivity index is 4.02. The second kappa shape index (κ2) is 22.3. The van der Waals surface area contributed by atoms with Crippen LogP contribution in [-0.4, -0.2) is 41.0 Å². The van der Waals surface area contributed by atoms with Gasteiger partial charge < -0.3 is 19.3 Å². The van der Waals surface area contributed by atoms with Gasteiger partial charge in [-0.2, -0.15) is 0 Å². The van der Waals surface area contributed by atoms with E-state index in [1.165, 1.54) is 32.1 Å². The molecule has 0 fully saturated rings. The van der Waals surface area contributed by atoms with Crippen molar-refractivity contribution >= 4 is 19.8 Å². The summed E-state index contributed by atoms with van der Waals surface area (Å²) in [6, 6.07) is 0. The Labute approximate surface area is 206 Å². The first kappa shape index (κ1) is 32.8. The first-order chi connectivity index (χ1) is 16.3. The molecule has 200 valence electrons. The van der Waals surface area contributed by atoms with Crippen LogP contribution in [0.4, 0.5) is 0 Å². The molecular formula is C25H47O8P. The molecule has 0 aromatic heterocycles.